The third kappa shape index (κ3) is 5.43. The highest BCUT2D eigenvalue weighted by molar-refractivity contribution is 5.97. The molecule has 1 fully saturated rings. The van der Waals surface area contributed by atoms with Crippen LogP contribution in [0.5, 0.6) is 0 Å². The van der Waals surface area contributed by atoms with E-state index >= 15 is 0 Å². The Morgan fingerprint density at radius 1 is 1.15 bits per heavy atom. The van der Waals surface area contributed by atoms with Crippen LogP contribution in [-0.2, 0) is 9.59 Å². The van der Waals surface area contributed by atoms with Crippen molar-refractivity contribution < 1.29 is 24.6 Å². The maximum atomic E-state index is 12.2. The second-order valence-corrected chi connectivity index (χ2v) is 7.03. The van der Waals surface area contributed by atoms with Gasteiger partial charge in [-0.05, 0) is 19.8 Å². The lowest BCUT2D eigenvalue weighted by Gasteiger charge is -2.32. The summed E-state index contributed by atoms with van der Waals surface area (Å²) >= 11 is 0. The van der Waals surface area contributed by atoms with Crippen LogP contribution in [0.4, 0.5) is 4.79 Å². The Balaban J connectivity index is 1.99. The highest BCUT2D eigenvalue weighted by Crippen LogP contribution is 2.21. The minimum Gasteiger partial charge on any atom is -0.390 e. The first kappa shape index (κ1) is 20.2. The van der Waals surface area contributed by atoms with Crippen LogP contribution in [0.3, 0.4) is 0 Å². The zero-order chi connectivity index (χ0) is 19.3. The molecule has 2 aliphatic rings. The Labute approximate surface area is 152 Å². The first-order valence-corrected chi connectivity index (χ1v) is 9.02. The highest BCUT2D eigenvalue weighted by Gasteiger charge is 2.34. The number of carbonyl (C=O) groups excluding carboxylic acids is 3. The van der Waals surface area contributed by atoms with Gasteiger partial charge in [-0.2, -0.15) is 0 Å². The van der Waals surface area contributed by atoms with Gasteiger partial charge < -0.3 is 31.9 Å². The lowest BCUT2D eigenvalue weighted by Crippen LogP contribution is -2.55. The second-order valence-electron chi connectivity index (χ2n) is 7.03. The van der Waals surface area contributed by atoms with Gasteiger partial charge in [-0.15, -0.1) is 0 Å². The molecule has 4 amide bonds. The molecule has 7 N–H and O–H groups in total. The van der Waals surface area contributed by atoms with Gasteiger partial charge in [0.1, 0.15) is 12.1 Å². The Morgan fingerprint density at radius 3 is 2.42 bits per heavy atom. The lowest BCUT2D eigenvalue weighted by molar-refractivity contribution is -0.125. The van der Waals surface area contributed by atoms with E-state index in [0.29, 0.717) is 0 Å². The number of carbonyl (C=O) groups is 3. The van der Waals surface area contributed by atoms with Crippen LogP contribution in [-0.4, -0.2) is 58.4 Å². The van der Waals surface area contributed by atoms with Crippen molar-refractivity contribution in [3.63, 3.8) is 0 Å². The Morgan fingerprint density at radius 2 is 1.81 bits per heavy atom. The summed E-state index contributed by atoms with van der Waals surface area (Å²) < 4.78 is 0. The summed E-state index contributed by atoms with van der Waals surface area (Å²) in [5.41, 5.74) is 5.30. The fourth-order valence-corrected chi connectivity index (χ4v) is 3.25. The van der Waals surface area contributed by atoms with Crippen LogP contribution in [0.2, 0.25) is 0 Å². The third-order valence-electron chi connectivity index (χ3n) is 4.88. The van der Waals surface area contributed by atoms with Crippen molar-refractivity contribution in [3.05, 3.63) is 11.6 Å². The highest BCUT2D eigenvalue weighted by atomic mass is 16.3. The summed E-state index contributed by atoms with van der Waals surface area (Å²) in [7, 11) is 0. The van der Waals surface area contributed by atoms with Crippen molar-refractivity contribution in [2.45, 2.75) is 75.8 Å². The third-order valence-corrected chi connectivity index (χ3v) is 4.88. The molecule has 1 saturated carbocycles. The standard InChI is InChI=1S/C17H28N4O5/c1-9(15(18)24)19-16(25)10-7-12(14(23)13(22)8-10)21-17(26)20-11-5-3-2-4-6-11/h7,9,11-14,22-23H,2-6,8H2,1H3,(H2,18,24)(H,19,25)(H2,20,21,26). The van der Waals surface area contributed by atoms with Crippen molar-refractivity contribution in [2.75, 3.05) is 0 Å². The monoisotopic (exact) mass is 368 g/mol. The van der Waals surface area contributed by atoms with Crippen molar-refractivity contribution in [1.29, 1.82) is 0 Å². The molecule has 0 aliphatic heterocycles. The number of amides is 4. The molecule has 0 spiro atoms. The van der Waals surface area contributed by atoms with E-state index in [4.69, 9.17) is 5.73 Å². The first-order valence-electron chi connectivity index (χ1n) is 9.02. The summed E-state index contributed by atoms with van der Waals surface area (Å²) in [4.78, 5) is 35.4. The van der Waals surface area contributed by atoms with Crippen LogP contribution >= 0.6 is 0 Å². The van der Waals surface area contributed by atoms with Gasteiger partial charge in [-0.3, -0.25) is 9.59 Å². The van der Waals surface area contributed by atoms with Crippen LogP contribution in [0.25, 0.3) is 0 Å². The predicted molar refractivity (Wildman–Crippen MR) is 93.8 cm³/mol. The number of rotatable bonds is 5. The molecular formula is C17H28N4O5. The number of nitrogens with one attached hydrogen (secondary N) is 3. The topological polar surface area (TPSA) is 154 Å². The number of primary amides is 1. The van der Waals surface area contributed by atoms with E-state index in [2.05, 4.69) is 16.0 Å². The van der Waals surface area contributed by atoms with Crippen molar-refractivity contribution in [2.24, 2.45) is 5.73 Å². The van der Waals surface area contributed by atoms with Crippen molar-refractivity contribution in [1.82, 2.24) is 16.0 Å². The van der Waals surface area contributed by atoms with E-state index < -0.39 is 42.1 Å². The van der Waals surface area contributed by atoms with Gasteiger partial charge in [-0.1, -0.05) is 25.3 Å². The fourth-order valence-electron chi connectivity index (χ4n) is 3.25. The van der Waals surface area contributed by atoms with Gasteiger partial charge in [-0.25, -0.2) is 4.79 Å². The van der Waals surface area contributed by atoms with E-state index in [1.165, 1.54) is 13.0 Å². The molecular weight excluding hydrogens is 340 g/mol. The van der Waals surface area contributed by atoms with Gasteiger partial charge in [0.15, 0.2) is 0 Å². The number of hydrogen-bond acceptors (Lipinski definition) is 5. The van der Waals surface area contributed by atoms with E-state index in [1.807, 2.05) is 0 Å². The molecule has 4 unspecified atom stereocenters. The first-order chi connectivity index (χ1) is 12.3. The number of urea groups is 1. The molecule has 146 valence electrons. The molecule has 4 atom stereocenters. The van der Waals surface area contributed by atoms with Gasteiger partial charge in [0.2, 0.25) is 11.8 Å². The summed E-state index contributed by atoms with van der Waals surface area (Å²) in [5, 5.41) is 28.0. The van der Waals surface area contributed by atoms with E-state index in [1.54, 1.807) is 0 Å². The average molecular weight is 368 g/mol. The van der Waals surface area contributed by atoms with Gasteiger partial charge in [0.25, 0.3) is 0 Å². The number of nitrogens with two attached hydrogens (primary N) is 1. The SMILES string of the molecule is CC(NC(=O)C1=CC(NC(=O)NC2CCCCC2)C(O)C(O)C1)C(N)=O. The molecule has 0 aromatic carbocycles. The Bertz CT molecular complexity index is 574. The summed E-state index contributed by atoms with van der Waals surface area (Å²) in [6.07, 6.45) is 4.02. The number of aliphatic hydroxyl groups is 2. The molecule has 2 rings (SSSR count). The van der Waals surface area contributed by atoms with Crippen molar-refractivity contribution in [3.8, 4) is 0 Å². The molecule has 2 aliphatic carbocycles. The van der Waals surface area contributed by atoms with Gasteiger partial charge >= 0.3 is 6.03 Å². The maximum Gasteiger partial charge on any atom is 0.315 e. The van der Waals surface area contributed by atoms with E-state index in [9.17, 15) is 24.6 Å². The van der Waals surface area contributed by atoms with Gasteiger partial charge in [0, 0.05) is 18.0 Å². The molecule has 9 nitrogen and oxygen atoms in total. The summed E-state index contributed by atoms with van der Waals surface area (Å²) in [6.45, 7) is 1.45. The molecule has 0 aromatic heterocycles. The Kier molecular flexibility index (Phi) is 6.98. The second kappa shape index (κ2) is 9.00. The van der Waals surface area contributed by atoms with Crippen LogP contribution in [0, 0.1) is 0 Å². The molecule has 0 heterocycles. The normalized spacial score (nSPS) is 27.8. The largest absolute Gasteiger partial charge is 0.390 e. The maximum absolute atomic E-state index is 12.2. The molecule has 0 bridgehead atoms. The quantitative estimate of drug-likeness (QED) is 0.368. The number of aliphatic hydroxyl groups excluding tert-OH is 2. The van der Waals surface area contributed by atoms with Crippen molar-refractivity contribution >= 4 is 17.8 Å². The fraction of sp³-hybridized carbons (Fsp3) is 0.706. The van der Waals surface area contributed by atoms with Crippen LogP contribution in [0.15, 0.2) is 11.6 Å². The summed E-state index contributed by atoms with van der Waals surface area (Å²) in [5.74, 6) is -1.25. The minimum atomic E-state index is -1.22. The predicted octanol–water partition coefficient (Wildman–Crippen LogP) is -0.971. The van der Waals surface area contributed by atoms with Crippen LogP contribution in [0.1, 0.15) is 45.4 Å². The minimum absolute atomic E-state index is 0.0824. The summed E-state index contributed by atoms with van der Waals surface area (Å²) in [6, 6.07) is -2.13. The van der Waals surface area contributed by atoms with E-state index in [-0.39, 0.29) is 18.0 Å². The average Bonchev–Trinajstić information content (AvgIpc) is 2.59. The molecule has 0 saturated heterocycles. The Hall–Kier alpha value is -2.13. The zero-order valence-electron chi connectivity index (χ0n) is 14.9. The van der Waals surface area contributed by atoms with Gasteiger partial charge in [0.05, 0.1) is 12.1 Å². The smallest absolute Gasteiger partial charge is 0.315 e. The van der Waals surface area contributed by atoms with E-state index in [0.717, 1.165) is 32.1 Å². The zero-order valence-corrected chi connectivity index (χ0v) is 14.9. The lowest BCUT2D eigenvalue weighted by atomic mass is 9.90. The molecule has 0 aromatic rings. The number of hydrogen-bond donors (Lipinski definition) is 6. The molecule has 0 radical (unpaired) electrons. The molecule has 9 heteroatoms. The van der Waals surface area contributed by atoms with Crippen LogP contribution < -0.4 is 21.7 Å². The molecule has 26 heavy (non-hydrogen) atoms.